The summed E-state index contributed by atoms with van der Waals surface area (Å²) in [4.78, 5) is 4.05. The van der Waals surface area contributed by atoms with Crippen LogP contribution < -0.4 is 5.32 Å². The van der Waals surface area contributed by atoms with Crippen LogP contribution in [-0.4, -0.2) is 16.1 Å². The number of aromatic nitrogens is 2. The van der Waals surface area contributed by atoms with Crippen molar-refractivity contribution in [1.82, 2.24) is 14.9 Å². The smallest absolute Gasteiger partial charge is 0.0945 e. The highest BCUT2D eigenvalue weighted by atomic mass is 15.0. The first-order chi connectivity index (χ1) is 9.66. The molecule has 1 unspecified atom stereocenters. The van der Waals surface area contributed by atoms with Gasteiger partial charge in [0.15, 0.2) is 0 Å². The van der Waals surface area contributed by atoms with E-state index >= 15 is 0 Å². The molecular formula is C17H25N3. The molecule has 0 saturated carbocycles. The largest absolute Gasteiger partial charge is 0.337 e. The van der Waals surface area contributed by atoms with Gasteiger partial charge in [-0.25, -0.2) is 4.98 Å². The number of rotatable bonds is 7. The van der Waals surface area contributed by atoms with Crippen LogP contribution in [0.15, 0.2) is 43.0 Å². The average Bonchev–Trinajstić information content (AvgIpc) is 2.96. The summed E-state index contributed by atoms with van der Waals surface area (Å²) in [5.41, 5.74) is 2.76. The van der Waals surface area contributed by atoms with Crippen LogP contribution in [0.2, 0.25) is 0 Å². The van der Waals surface area contributed by atoms with Gasteiger partial charge in [-0.05, 0) is 36.9 Å². The van der Waals surface area contributed by atoms with Crippen molar-refractivity contribution in [3.05, 3.63) is 54.1 Å². The Balaban J connectivity index is 1.75. The van der Waals surface area contributed by atoms with Crippen LogP contribution in [0.25, 0.3) is 0 Å². The Hall–Kier alpha value is -1.61. The van der Waals surface area contributed by atoms with Gasteiger partial charge in [0.05, 0.1) is 6.33 Å². The van der Waals surface area contributed by atoms with E-state index in [-0.39, 0.29) is 0 Å². The second-order valence-corrected chi connectivity index (χ2v) is 5.65. The van der Waals surface area contributed by atoms with E-state index in [2.05, 4.69) is 59.9 Å². The predicted octanol–water partition coefficient (Wildman–Crippen LogP) is 3.75. The lowest BCUT2D eigenvalue weighted by molar-refractivity contribution is 0.526. The van der Waals surface area contributed by atoms with Crippen LogP contribution in [-0.2, 0) is 6.54 Å². The first-order valence-corrected chi connectivity index (χ1v) is 7.46. The molecule has 0 aliphatic rings. The second kappa shape index (κ2) is 7.25. The molecule has 0 aliphatic carbocycles. The first-order valence-electron chi connectivity index (χ1n) is 7.46. The minimum absolute atomic E-state index is 0.402. The third kappa shape index (κ3) is 4.20. The van der Waals surface area contributed by atoms with Crippen molar-refractivity contribution in [3.8, 4) is 0 Å². The molecule has 1 N–H and O–H groups in total. The summed E-state index contributed by atoms with van der Waals surface area (Å²) in [6, 6.07) is 9.36. The van der Waals surface area contributed by atoms with Gasteiger partial charge in [-0.1, -0.05) is 38.1 Å². The Labute approximate surface area is 122 Å². The molecule has 1 aromatic carbocycles. The van der Waals surface area contributed by atoms with Gasteiger partial charge in [0.2, 0.25) is 0 Å². The summed E-state index contributed by atoms with van der Waals surface area (Å²) in [5, 5.41) is 3.58. The Morgan fingerprint density at radius 3 is 2.40 bits per heavy atom. The Bertz CT molecular complexity index is 485. The minimum Gasteiger partial charge on any atom is -0.337 e. The summed E-state index contributed by atoms with van der Waals surface area (Å²) < 4.78 is 2.11. The lowest BCUT2D eigenvalue weighted by Gasteiger charge is -2.15. The zero-order valence-electron chi connectivity index (χ0n) is 12.7. The highest BCUT2D eigenvalue weighted by molar-refractivity contribution is 5.26. The molecule has 1 atom stereocenters. The zero-order chi connectivity index (χ0) is 14.4. The maximum atomic E-state index is 4.05. The van der Waals surface area contributed by atoms with Crippen molar-refractivity contribution in [2.75, 3.05) is 6.54 Å². The number of nitrogens with zero attached hydrogens (tertiary/aromatic N) is 2. The molecule has 0 spiro atoms. The van der Waals surface area contributed by atoms with Gasteiger partial charge in [-0.15, -0.1) is 0 Å². The summed E-state index contributed by atoms with van der Waals surface area (Å²) in [5.74, 6) is 0.600. The number of nitrogens with one attached hydrogen (secondary N) is 1. The molecule has 2 aromatic rings. The zero-order valence-corrected chi connectivity index (χ0v) is 12.7. The van der Waals surface area contributed by atoms with Gasteiger partial charge in [-0.2, -0.15) is 0 Å². The van der Waals surface area contributed by atoms with Gasteiger partial charge in [0.25, 0.3) is 0 Å². The van der Waals surface area contributed by atoms with Crippen molar-refractivity contribution in [2.24, 2.45) is 0 Å². The monoisotopic (exact) mass is 271 g/mol. The molecule has 3 nitrogen and oxygen atoms in total. The molecule has 1 heterocycles. The molecule has 108 valence electrons. The standard InChI is InChI=1S/C17H25N3/c1-14(2)16-5-7-17(8-6-16)15(3)19-9-4-11-20-12-10-18-13-20/h5-8,10,12-15,19H,4,9,11H2,1-3H3. The van der Waals surface area contributed by atoms with E-state index < -0.39 is 0 Å². The summed E-state index contributed by atoms with van der Waals surface area (Å²) in [6.45, 7) is 8.72. The van der Waals surface area contributed by atoms with Crippen molar-refractivity contribution < 1.29 is 0 Å². The number of benzene rings is 1. The minimum atomic E-state index is 0.402. The van der Waals surface area contributed by atoms with E-state index in [9.17, 15) is 0 Å². The third-order valence-electron chi connectivity index (χ3n) is 3.71. The fourth-order valence-corrected chi connectivity index (χ4v) is 2.29. The highest BCUT2D eigenvalue weighted by Gasteiger charge is 2.05. The maximum Gasteiger partial charge on any atom is 0.0945 e. The number of aryl methyl sites for hydroxylation is 1. The molecule has 2 rings (SSSR count). The van der Waals surface area contributed by atoms with Crippen molar-refractivity contribution in [1.29, 1.82) is 0 Å². The lowest BCUT2D eigenvalue weighted by atomic mass is 9.99. The van der Waals surface area contributed by atoms with Gasteiger partial charge in [0.1, 0.15) is 0 Å². The summed E-state index contributed by atoms with van der Waals surface area (Å²) in [7, 11) is 0. The number of hydrogen-bond acceptors (Lipinski definition) is 2. The number of hydrogen-bond donors (Lipinski definition) is 1. The van der Waals surface area contributed by atoms with Crippen molar-refractivity contribution in [2.45, 2.75) is 45.7 Å². The van der Waals surface area contributed by atoms with Crippen LogP contribution >= 0.6 is 0 Å². The summed E-state index contributed by atoms with van der Waals surface area (Å²) >= 11 is 0. The van der Waals surface area contributed by atoms with Gasteiger partial charge in [-0.3, -0.25) is 0 Å². The quantitative estimate of drug-likeness (QED) is 0.777. The van der Waals surface area contributed by atoms with Gasteiger partial charge >= 0.3 is 0 Å². The van der Waals surface area contributed by atoms with Crippen LogP contribution in [0.1, 0.15) is 50.3 Å². The Morgan fingerprint density at radius 2 is 1.80 bits per heavy atom. The van der Waals surface area contributed by atoms with Gasteiger partial charge < -0.3 is 9.88 Å². The van der Waals surface area contributed by atoms with E-state index in [1.165, 1.54) is 11.1 Å². The molecule has 0 bridgehead atoms. The van der Waals surface area contributed by atoms with E-state index in [0.717, 1.165) is 19.5 Å². The van der Waals surface area contributed by atoms with Crippen LogP contribution in [0, 0.1) is 0 Å². The Kier molecular flexibility index (Phi) is 5.36. The fourth-order valence-electron chi connectivity index (χ4n) is 2.29. The topological polar surface area (TPSA) is 29.9 Å². The lowest BCUT2D eigenvalue weighted by Crippen LogP contribution is -2.20. The van der Waals surface area contributed by atoms with Gasteiger partial charge in [0, 0.05) is 25.0 Å². The molecule has 3 heteroatoms. The van der Waals surface area contributed by atoms with E-state index in [4.69, 9.17) is 0 Å². The molecule has 0 saturated heterocycles. The summed E-state index contributed by atoms with van der Waals surface area (Å²) in [6.07, 6.45) is 6.82. The van der Waals surface area contributed by atoms with E-state index in [1.54, 1.807) is 0 Å². The molecular weight excluding hydrogens is 246 g/mol. The molecule has 0 amide bonds. The van der Waals surface area contributed by atoms with Crippen LogP contribution in [0.4, 0.5) is 0 Å². The third-order valence-corrected chi connectivity index (χ3v) is 3.71. The first kappa shape index (κ1) is 14.8. The van der Waals surface area contributed by atoms with Crippen molar-refractivity contribution in [3.63, 3.8) is 0 Å². The molecule has 0 aliphatic heterocycles. The van der Waals surface area contributed by atoms with E-state index in [1.807, 2.05) is 18.7 Å². The molecule has 0 radical (unpaired) electrons. The van der Waals surface area contributed by atoms with Crippen molar-refractivity contribution >= 4 is 0 Å². The second-order valence-electron chi connectivity index (χ2n) is 5.65. The molecule has 0 fully saturated rings. The average molecular weight is 271 g/mol. The van der Waals surface area contributed by atoms with Crippen LogP contribution in [0.3, 0.4) is 0 Å². The SMILES string of the molecule is CC(C)c1ccc(C(C)NCCCn2ccnc2)cc1. The normalized spacial score (nSPS) is 12.8. The van der Waals surface area contributed by atoms with Crippen LogP contribution in [0.5, 0.6) is 0 Å². The maximum absolute atomic E-state index is 4.05. The van der Waals surface area contributed by atoms with E-state index in [0.29, 0.717) is 12.0 Å². The molecule has 20 heavy (non-hydrogen) atoms. The fraction of sp³-hybridized carbons (Fsp3) is 0.471. The Morgan fingerprint density at radius 1 is 1.10 bits per heavy atom. The molecule has 1 aromatic heterocycles. The highest BCUT2D eigenvalue weighted by Crippen LogP contribution is 2.18. The number of imidazole rings is 1. The predicted molar refractivity (Wildman–Crippen MR) is 83.8 cm³/mol.